The number of nitrogens with one attached hydrogen (secondary N) is 1. The molecule has 0 amide bonds. The highest BCUT2D eigenvalue weighted by molar-refractivity contribution is 5.94. The zero-order chi connectivity index (χ0) is 14.2. The SMILES string of the molecule is CCOC(=O)/C=C(\Nc1ccccc1)c1ccccc1.Cl. The second-order valence-electron chi connectivity index (χ2n) is 4.17. The normalized spacial score (nSPS) is 10.4. The summed E-state index contributed by atoms with van der Waals surface area (Å²) >= 11 is 0. The number of anilines is 1. The fourth-order valence-electron chi connectivity index (χ4n) is 1.79. The summed E-state index contributed by atoms with van der Waals surface area (Å²) in [5, 5.41) is 3.24. The lowest BCUT2D eigenvalue weighted by atomic mass is 10.1. The molecule has 2 aromatic rings. The lowest BCUT2D eigenvalue weighted by Crippen LogP contribution is -2.05. The smallest absolute Gasteiger partial charge is 0.332 e. The van der Waals surface area contributed by atoms with E-state index in [0.29, 0.717) is 6.61 Å². The first-order valence-corrected chi connectivity index (χ1v) is 6.55. The van der Waals surface area contributed by atoms with Crippen LogP contribution in [-0.4, -0.2) is 12.6 Å². The van der Waals surface area contributed by atoms with Crippen LogP contribution >= 0.6 is 12.4 Å². The van der Waals surface area contributed by atoms with Crippen LogP contribution in [0.2, 0.25) is 0 Å². The molecule has 2 aromatic carbocycles. The monoisotopic (exact) mass is 303 g/mol. The number of benzene rings is 2. The minimum atomic E-state index is -0.352. The van der Waals surface area contributed by atoms with Crippen LogP contribution in [0.25, 0.3) is 5.70 Å². The first kappa shape index (κ1) is 16.8. The fraction of sp³-hybridized carbons (Fsp3) is 0.118. The van der Waals surface area contributed by atoms with Gasteiger partial charge in [-0.1, -0.05) is 48.5 Å². The Hall–Kier alpha value is -2.26. The van der Waals surface area contributed by atoms with Gasteiger partial charge in [-0.25, -0.2) is 4.79 Å². The molecule has 0 atom stereocenters. The van der Waals surface area contributed by atoms with E-state index in [1.54, 1.807) is 6.92 Å². The maximum Gasteiger partial charge on any atom is 0.332 e. The number of para-hydroxylation sites is 1. The number of hydrogen-bond donors (Lipinski definition) is 1. The quantitative estimate of drug-likeness (QED) is 0.667. The van der Waals surface area contributed by atoms with Gasteiger partial charge in [0, 0.05) is 11.8 Å². The minimum absolute atomic E-state index is 0. The lowest BCUT2D eigenvalue weighted by Gasteiger charge is -2.11. The Morgan fingerprint density at radius 2 is 1.62 bits per heavy atom. The van der Waals surface area contributed by atoms with Gasteiger partial charge in [0.15, 0.2) is 0 Å². The van der Waals surface area contributed by atoms with E-state index in [1.165, 1.54) is 6.08 Å². The van der Waals surface area contributed by atoms with Crippen LogP contribution < -0.4 is 5.32 Å². The first-order valence-electron chi connectivity index (χ1n) is 6.55. The van der Waals surface area contributed by atoms with E-state index in [4.69, 9.17) is 4.74 Å². The van der Waals surface area contributed by atoms with Crippen LogP contribution in [0, 0.1) is 0 Å². The van der Waals surface area contributed by atoms with Gasteiger partial charge < -0.3 is 10.1 Å². The molecule has 0 aliphatic carbocycles. The molecule has 0 bridgehead atoms. The summed E-state index contributed by atoms with van der Waals surface area (Å²) in [6.45, 7) is 2.15. The molecule has 0 aromatic heterocycles. The van der Waals surface area contributed by atoms with Crippen LogP contribution in [0.3, 0.4) is 0 Å². The van der Waals surface area contributed by atoms with Crippen molar-refractivity contribution in [3.8, 4) is 0 Å². The molecule has 0 saturated carbocycles. The number of halogens is 1. The highest BCUT2D eigenvalue weighted by Crippen LogP contribution is 2.18. The summed E-state index contributed by atoms with van der Waals surface area (Å²) < 4.78 is 4.98. The van der Waals surface area contributed by atoms with Gasteiger partial charge in [0.2, 0.25) is 0 Å². The molecule has 3 nitrogen and oxygen atoms in total. The Kier molecular flexibility index (Phi) is 7.05. The third-order valence-electron chi connectivity index (χ3n) is 2.69. The van der Waals surface area contributed by atoms with Crippen molar-refractivity contribution in [2.24, 2.45) is 0 Å². The Morgan fingerprint density at radius 1 is 1.05 bits per heavy atom. The fourth-order valence-corrected chi connectivity index (χ4v) is 1.79. The number of hydrogen-bond acceptors (Lipinski definition) is 3. The molecule has 21 heavy (non-hydrogen) atoms. The predicted molar refractivity (Wildman–Crippen MR) is 88.4 cm³/mol. The second-order valence-corrected chi connectivity index (χ2v) is 4.17. The van der Waals surface area contributed by atoms with Gasteiger partial charge in [-0.15, -0.1) is 12.4 Å². The predicted octanol–water partition coefficient (Wildman–Crippen LogP) is 4.12. The van der Waals surface area contributed by atoms with Crippen molar-refractivity contribution >= 4 is 29.8 Å². The van der Waals surface area contributed by atoms with Crippen molar-refractivity contribution in [1.82, 2.24) is 0 Å². The van der Waals surface area contributed by atoms with E-state index in [9.17, 15) is 4.79 Å². The first-order chi connectivity index (χ1) is 9.79. The summed E-state index contributed by atoms with van der Waals surface area (Å²) in [7, 11) is 0. The third kappa shape index (κ3) is 5.32. The van der Waals surface area contributed by atoms with Gasteiger partial charge in [0.1, 0.15) is 0 Å². The Balaban J connectivity index is 0.00000220. The highest BCUT2D eigenvalue weighted by atomic mass is 35.5. The molecule has 0 fully saturated rings. The minimum Gasteiger partial charge on any atom is -0.463 e. The van der Waals surface area contributed by atoms with Gasteiger partial charge in [-0.05, 0) is 24.6 Å². The standard InChI is InChI=1S/C17H17NO2.ClH/c1-2-20-17(19)13-16(14-9-5-3-6-10-14)18-15-11-7-4-8-12-15;/h3-13,18H,2H2,1H3;1H/b16-13-;. The van der Waals surface area contributed by atoms with Crippen molar-refractivity contribution in [3.05, 3.63) is 72.3 Å². The molecule has 2 rings (SSSR count). The molecular formula is C17H18ClNO2. The van der Waals surface area contributed by atoms with Crippen molar-refractivity contribution in [3.63, 3.8) is 0 Å². The zero-order valence-corrected chi connectivity index (χ0v) is 12.6. The number of carbonyl (C=O) groups is 1. The van der Waals surface area contributed by atoms with Gasteiger partial charge in [-0.3, -0.25) is 0 Å². The summed E-state index contributed by atoms with van der Waals surface area (Å²) in [5.41, 5.74) is 2.58. The number of carbonyl (C=O) groups excluding carboxylic acids is 1. The second kappa shape index (κ2) is 8.82. The Labute approximate surface area is 131 Å². The topological polar surface area (TPSA) is 38.3 Å². The Morgan fingerprint density at radius 3 is 2.19 bits per heavy atom. The lowest BCUT2D eigenvalue weighted by molar-refractivity contribution is -0.137. The maximum atomic E-state index is 11.7. The molecule has 0 heterocycles. The van der Waals surface area contributed by atoms with E-state index < -0.39 is 0 Å². The summed E-state index contributed by atoms with van der Waals surface area (Å²) in [6, 6.07) is 19.4. The summed E-state index contributed by atoms with van der Waals surface area (Å²) in [6.07, 6.45) is 1.48. The molecule has 0 spiro atoms. The van der Waals surface area contributed by atoms with Crippen molar-refractivity contribution < 1.29 is 9.53 Å². The van der Waals surface area contributed by atoms with E-state index in [-0.39, 0.29) is 18.4 Å². The van der Waals surface area contributed by atoms with Crippen LogP contribution in [0.1, 0.15) is 12.5 Å². The largest absolute Gasteiger partial charge is 0.463 e. The van der Waals surface area contributed by atoms with Crippen LogP contribution in [-0.2, 0) is 9.53 Å². The maximum absolute atomic E-state index is 11.7. The number of esters is 1. The van der Waals surface area contributed by atoms with Crippen molar-refractivity contribution in [2.45, 2.75) is 6.92 Å². The van der Waals surface area contributed by atoms with Crippen LogP contribution in [0.4, 0.5) is 5.69 Å². The van der Waals surface area contributed by atoms with E-state index in [0.717, 1.165) is 16.9 Å². The summed E-state index contributed by atoms with van der Waals surface area (Å²) in [4.78, 5) is 11.7. The number of ether oxygens (including phenoxy) is 1. The highest BCUT2D eigenvalue weighted by Gasteiger charge is 2.05. The third-order valence-corrected chi connectivity index (χ3v) is 2.69. The van der Waals surface area contributed by atoms with Gasteiger partial charge in [0.05, 0.1) is 12.3 Å². The molecular weight excluding hydrogens is 286 g/mol. The van der Waals surface area contributed by atoms with E-state index in [1.807, 2.05) is 60.7 Å². The number of rotatable bonds is 5. The van der Waals surface area contributed by atoms with Gasteiger partial charge in [0.25, 0.3) is 0 Å². The zero-order valence-electron chi connectivity index (χ0n) is 11.8. The van der Waals surface area contributed by atoms with E-state index >= 15 is 0 Å². The molecule has 0 aliphatic heterocycles. The summed E-state index contributed by atoms with van der Waals surface area (Å²) in [5.74, 6) is -0.352. The van der Waals surface area contributed by atoms with E-state index in [2.05, 4.69) is 5.32 Å². The average Bonchev–Trinajstić information content (AvgIpc) is 2.49. The molecule has 1 N–H and O–H groups in total. The average molecular weight is 304 g/mol. The van der Waals surface area contributed by atoms with Gasteiger partial charge in [-0.2, -0.15) is 0 Å². The molecule has 0 unspecified atom stereocenters. The molecule has 0 radical (unpaired) electrons. The molecule has 110 valence electrons. The van der Waals surface area contributed by atoms with Crippen LogP contribution in [0.5, 0.6) is 0 Å². The van der Waals surface area contributed by atoms with Crippen LogP contribution in [0.15, 0.2) is 66.7 Å². The molecule has 0 aliphatic rings. The molecule has 0 saturated heterocycles. The van der Waals surface area contributed by atoms with Crippen molar-refractivity contribution in [2.75, 3.05) is 11.9 Å². The Bertz CT molecular complexity index is 582. The molecule has 4 heteroatoms. The van der Waals surface area contributed by atoms with Gasteiger partial charge >= 0.3 is 5.97 Å². The van der Waals surface area contributed by atoms with Crippen molar-refractivity contribution in [1.29, 1.82) is 0 Å².